The third-order valence-electron chi connectivity index (χ3n) is 4.86. The molecule has 0 radical (unpaired) electrons. The number of aliphatic hydroxyl groups is 1. The van der Waals surface area contributed by atoms with Gasteiger partial charge in [-0.15, -0.1) is 0 Å². The van der Waals surface area contributed by atoms with E-state index in [1.165, 1.54) is 11.1 Å². The van der Waals surface area contributed by atoms with Crippen LogP contribution in [-0.4, -0.2) is 23.4 Å². The molecule has 1 aliphatic carbocycles. The van der Waals surface area contributed by atoms with Crippen molar-refractivity contribution in [2.24, 2.45) is 0 Å². The van der Waals surface area contributed by atoms with E-state index in [-0.39, 0.29) is 24.3 Å². The zero-order valence-corrected chi connectivity index (χ0v) is 14.3. The molecule has 2 N–H and O–H groups in total. The molecule has 1 fully saturated rings. The minimum Gasteiger partial charge on any atom is -0.391 e. The summed E-state index contributed by atoms with van der Waals surface area (Å²) in [6, 6.07) is 21.0. The first-order valence-electron chi connectivity index (χ1n) is 8.87. The van der Waals surface area contributed by atoms with Gasteiger partial charge in [0.1, 0.15) is 0 Å². The minimum atomic E-state index is -0.356. The molecule has 0 aliphatic heterocycles. The van der Waals surface area contributed by atoms with Crippen molar-refractivity contribution in [2.75, 3.05) is 0 Å². The van der Waals surface area contributed by atoms with E-state index in [0.29, 0.717) is 13.0 Å². The third kappa shape index (κ3) is 4.67. The average molecular weight is 325 g/mol. The quantitative estimate of drug-likeness (QED) is 0.848. The van der Waals surface area contributed by atoms with Crippen molar-refractivity contribution < 1.29 is 9.84 Å². The van der Waals surface area contributed by atoms with Gasteiger partial charge in [0.25, 0.3) is 0 Å². The fourth-order valence-electron chi connectivity index (χ4n) is 3.40. The molecule has 2 aromatic carbocycles. The van der Waals surface area contributed by atoms with Crippen LogP contribution in [0.15, 0.2) is 60.7 Å². The van der Waals surface area contributed by atoms with E-state index in [1.807, 2.05) is 24.3 Å². The van der Waals surface area contributed by atoms with E-state index in [1.54, 1.807) is 0 Å². The molecule has 0 amide bonds. The van der Waals surface area contributed by atoms with Gasteiger partial charge in [0.05, 0.1) is 18.8 Å². The normalized spacial score (nSPS) is 25.3. The molecule has 128 valence electrons. The summed E-state index contributed by atoms with van der Waals surface area (Å²) in [6.45, 7) is 2.77. The first-order chi connectivity index (χ1) is 11.7. The molecule has 4 atom stereocenters. The molecule has 0 saturated heterocycles. The van der Waals surface area contributed by atoms with Crippen LogP contribution >= 0.6 is 0 Å². The van der Waals surface area contributed by atoms with E-state index in [9.17, 15) is 5.11 Å². The maximum Gasteiger partial charge on any atom is 0.0720 e. The van der Waals surface area contributed by atoms with Gasteiger partial charge >= 0.3 is 0 Å². The maximum absolute atomic E-state index is 10.5. The molecule has 0 bridgehead atoms. The second kappa shape index (κ2) is 8.43. The Kier molecular flexibility index (Phi) is 6.02. The van der Waals surface area contributed by atoms with Crippen molar-refractivity contribution in [2.45, 2.75) is 57.1 Å². The molecule has 0 aromatic heterocycles. The second-order valence-corrected chi connectivity index (χ2v) is 6.70. The summed E-state index contributed by atoms with van der Waals surface area (Å²) >= 11 is 0. The smallest absolute Gasteiger partial charge is 0.0720 e. The number of aliphatic hydroxyl groups excluding tert-OH is 1. The summed E-state index contributed by atoms with van der Waals surface area (Å²) in [5.41, 5.74) is 2.44. The molecule has 1 unspecified atom stereocenters. The Morgan fingerprint density at radius 2 is 1.71 bits per heavy atom. The number of nitrogens with one attached hydrogen (secondary N) is 1. The Bertz CT molecular complexity index is 602. The molecule has 2 aromatic rings. The fraction of sp³-hybridized carbons (Fsp3) is 0.429. The molecule has 0 spiro atoms. The van der Waals surface area contributed by atoms with Gasteiger partial charge in [-0.1, -0.05) is 60.7 Å². The first-order valence-corrected chi connectivity index (χ1v) is 8.87. The molecule has 1 saturated carbocycles. The maximum atomic E-state index is 10.5. The Labute approximate surface area is 144 Å². The van der Waals surface area contributed by atoms with Crippen LogP contribution in [0.3, 0.4) is 0 Å². The third-order valence-corrected chi connectivity index (χ3v) is 4.86. The summed E-state index contributed by atoms with van der Waals surface area (Å²) in [5.74, 6) is 0. The monoisotopic (exact) mass is 325 g/mol. The standard InChI is InChI=1S/C21H27NO2/c1-16(18-10-6-3-7-11-18)22-20-13-12-19(14-21(20)23)24-15-17-8-4-2-5-9-17/h2-11,16,19-23H,12-15H2,1H3/t16-,19?,20+,21+/m0/s1. The minimum absolute atomic E-state index is 0.136. The van der Waals surface area contributed by atoms with E-state index in [4.69, 9.17) is 4.74 Å². The topological polar surface area (TPSA) is 41.5 Å². The van der Waals surface area contributed by atoms with Gasteiger partial charge in [-0.05, 0) is 30.9 Å². The fourth-order valence-corrected chi connectivity index (χ4v) is 3.40. The van der Waals surface area contributed by atoms with Crippen LogP contribution in [0.1, 0.15) is 43.4 Å². The van der Waals surface area contributed by atoms with Crippen LogP contribution in [0.4, 0.5) is 0 Å². The van der Waals surface area contributed by atoms with Gasteiger partial charge in [-0.3, -0.25) is 0 Å². The van der Waals surface area contributed by atoms with Gasteiger partial charge < -0.3 is 15.2 Å². The van der Waals surface area contributed by atoms with Gasteiger partial charge in [-0.25, -0.2) is 0 Å². The predicted molar refractivity (Wildman–Crippen MR) is 96.7 cm³/mol. The SMILES string of the molecule is C[C@H](N[C@@H]1CCC(OCc2ccccc2)C[C@H]1O)c1ccccc1. The van der Waals surface area contributed by atoms with Gasteiger partial charge in [-0.2, -0.15) is 0 Å². The highest BCUT2D eigenvalue weighted by molar-refractivity contribution is 5.18. The molecule has 24 heavy (non-hydrogen) atoms. The zero-order valence-electron chi connectivity index (χ0n) is 14.3. The largest absolute Gasteiger partial charge is 0.391 e. The van der Waals surface area contributed by atoms with E-state index >= 15 is 0 Å². The lowest BCUT2D eigenvalue weighted by molar-refractivity contribution is -0.0370. The van der Waals surface area contributed by atoms with Crippen molar-refractivity contribution in [1.82, 2.24) is 5.32 Å². The van der Waals surface area contributed by atoms with Gasteiger partial charge in [0.2, 0.25) is 0 Å². The van der Waals surface area contributed by atoms with Crippen LogP contribution in [0.25, 0.3) is 0 Å². The number of rotatable bonds is 6. The summed E-state index contributed by atoms with van der Waals surface area (Å²) in [7, 11) is 0. The predicted octanol–water partition coefficient (Wildman–Crippen LogP) is 3.84. The number of ether oxygens (including phenoxy) is 1. The second-order valence-electron chi connectivity index (χ2n) is 6.70. The van der Waals surface area contributed by atoms with Crippen LogP contribution < -0.4 is 5.32 Å². The van der Waals surface area contributed by atoms with Crippen molar-refractivity contribution in [3.05, 3.63) is 71.8 Å². The summed E-state index contributed by atoms with van der Waals surface area (Å²) < 4.78 is 5.99. The highest BCUT2D eigenvalue weighted by Crippen LogP contribution is 2.25. The summed E-state index contributed by atoms with van der Waals surface area (Å²) in [6.07, 6.45) is 2.42. The van der Waals surface area contributed by atoms with E-state index in [2.05, 4.69) is 48.6 Å². The molecule has 1 aliphatic rings. The van der Waals surface area contributed by atoms with Crippen LogP contribution in [0.2, 0.25) is 0 Å². The molecular formula is C21H27NO2. The van der Waals surface area contributed by atoms with Gasteiger partial charge in [0.15, 0.2) is 0 Å². The van der Waals surface area contributed by atoms with Crippen LogP contribution in [0.5, 0.6) is 0 Å². The highest BCUT2D eigenvalue weighted by atomic mass is 16.5. The van der Waals surface area contributed by atoms with Crippen molar-refractivity contribution in [3.8, 4) is 0 Å². The zero-order chi connectivity index (χ0) is 16.8. The lowest BCUT2D eigenvalue weighted by atomic mass is 9.89. The lowest BCUT2D eigenvalue weighted by Crippen LogP contribution is -2.46. The first kappa shape index (κ1) is 17.2. The Hall–Kier alpha value is -1.68. The summed E-state index contributed by atoms with van der Waals surface area (Å²) in [5, 5.41) is 14.1. The number of hydrogen-bond donors (Lipinski definition) is 2. The van der Waals surface area contributed by atoms with E-state index < -0.39 is 0 Å². The van der Waals surface area contributed by atoms with E-state index in [0.717, 1.165) is 12.8 Å². The molecular weight excluding hydrogens is 298 g/mol. The molecule has 3 nitrogen and oxygen atoms in total. The summed E-state index contributed by atoms with van der Waals surface area (Å²) in [4.78, 5) is 0. The van der Waals surface area contributed by atoms with Crippen molar-refractivity contribution >= 4 is 0 Å². The van der Waals surface area contributed by atoms with Crippen LogP contribution in [-0.2, 0) is 11.3 Å². The van der Waals surface area contributed by atoms with Crippen LogP contribution in [0, 0.1) is 0 Å². The Morgan fingerprint density at radius 1 is 1.04 bits per heavy atom. The van der Waals surface area contributed by atoms with Crippen molar-refractivity contribution in [1.29, 1.82) is 0 Å². The molecule has 0 heterocycles. The number of hydrogen-bond acceptors (Lipinski definition) is 3. The lowest BCUT2D eigenvalue weighted by Gasteiger charge is -2.35. The van der Waals surface area contributed by atoms with Crippen molar-refractivity contribution in [3.63, 3.8) is 0 Å². The number of benzene rings is 2. The highest BCUT2D eigenvalue weighted by Gasteiger charge is 2.30. The average Bonchev–Trinajstić information content (AvgIpc) is 2.63. The molecule has 3 rings (SSSR count). The Balaban J connectivity index is 1.46. The Morgan fingerprint density at radius 3 is 2.38 bits per heavy atom. The van der Waals surface area contributed by atoms with Gasteiger partial charge in [0, 0.05) is 18.5 Å². The molecule has 3 heteroatoms.